The molecular weight excluding hydrogens is 219 g/mol. The van der Waals surface area contributed by atoms with E-state index in [1.807, 2.05) is 6.07 Å². The summed E-state index contributed by atoms with van der Waals surface area (Å²) in [4.78, 5) is 2.19. The van der Waals surface area contributed by atoms with Gasteiger partial charge in [0.2, 0.25) is 0 Å². The molecule has 0 aromatic heterocycles. The monoisotopic (exact) mass is 236 g/mol. The van der Waals surface area contributed by atoms with E-state index in [1.165, 1.54) is 11.6 Å². The summed E-state index contributed by atoms with van der Waals surface area (Å²) in [6.45, 7) is 3.02. The third-order valence-electron chi connectivity index (χ3n) is 3.68. The first-order valence-electron chi connectivity index (χ1n) is 6.06. The van der Waals surface area contributed by atoms with Crippen molar-refractivity contribution >= 4 is 5.69 Å². The predicted octanol–water partition coefficient (Wildman–Crippen LogP) is 1.31. The molecule has 2 heterocycles. The minimum Gasteiger partial charge on any atom is -0.379 e. The van der Waals surface area contributed by atoms with Crippen LogP contribution in [-0.2, 0) is 11.2 Å². The van der Waals surface area contributed by atoms with Gasteiger partial charge in [-0.1, -0.05) is 6.07 Å². The van der Waals surface area contributed by atoms with Crippen molar-refractivity contribution < 1.29 is 9.13 Å². The molecule has 2 aliphatic rings. The van der Waals surface area contributed by atoms with Crippen LogP contribution in [0.5, 0.6) is 0 Å². The molecule has 2 N–H and O–H groups in total. The normalized spacial score (nSPS) is 27.5. The second-order valence-electron chi connectivity index (χ2n) is 5.11. The Bertz CT molecular complexity index is 429. The number of anilines is 1. The molecule has 4 heteroatoms. The van der Waals surface area contributed by atoms with Crippen molar-refractivity contribution in [1.82, 2.24) is 0 Å². The Morgan fingerprint density at radius 3 is 3.12 bits per heavy atom. The Morgan fingerprint density at radius 1 is 1.47 bits per heavy atom. The first-order chi connectivity index (χ1) is 8.16. The van der Waals surface area contributed by atoms with Crippen LogP contribution in [0.3, 0.4) is 0 Å². The Morgan fingerprint density at radius 2 is 2.35 bits per heavy atom. The highest BCUT2D eigenvalue weighted by atomic mass is 19.1. The van der Waals surface area contributed by atoms with Gasteiger partial charge in [0.1, 0.15) is 5.82 Å². The van der Waals surface area contributed by atoms with E-state index < -0.39 is 0 Å². The van der Waals surface area contributed by atoms with E-state index in [2.05, 4.69) is 4.90 Å². The zero-order valence-electron chi connectivity index (χ0n) is 9.79. The van der Waals surface area contributed by atoms with E-state index in [-0.39, 0.29) is 11.4 Å². The van der Waals surface area contributed by atoms with E-state index in [4.69, 9.17) is 10.5 Å². The van der Waals surface area contributed by atoms with E-state index >= 15 is 0 Å². The second kappa shape index (κ2) is 3.96. The molecule has 1 fully saturated rings. The van der Waals surface area contributed by atoms with Crippen LogP contribution >= 0.6 is 0 Å². The molecular formula is C13H17FN2O. The van der Waals surface area contributed by atoms with Gasteiger partial charge in [0.15, 0.2) is 0 Å². The number of nitrogens with two attached hydrogens (primary N) is 1. The summed E-state index contributed by atoms with van der Waals surface area (Å²) in [7, 11) is 0. The first-order valence-corrected chi connectivity index (χ1v) is 6.06. The fourth-order valence-corrected chi connectivity index (χ4v) is 2.71. The van der Waals surface area contributed by atoms with E-state index in [0.717, 1.165) is 38.2 Å². The van der Waals surface area contributed by atoms with E-state index in [1.54, 1.807) is 6.07 Å². The maximum absolute atomic E-state index is 13.3. The third-order valence-corrected chi connectivity index (χ3v) is 3.68. The van der Waals surface area contributed by atoms with Crippen LogP contribution in [0.25, 0.3) is 0 Å². The van der Waals surface area contributed by atoms with Crippen LogP contribution in [0.4, 0.5) is 10.1 Å². The highest BCUT2D eigenvalue weighted by Gasteiger charge is 2.34. The Hall–Kier alpha value is -1.13. The highest BCUT2D eigenvalue weighted by molar-refractivity contribution is 5.58. The summed E-state index contributed by atoms with van der Waals surface area (Å²) >= 11 is 0. The van der Waals surface area contributed by atoms with Crippen molar-refractivity contribution in [2.45, 2.75) is 18.4 Å². The molecule has 1 aromatic carbocycles. The van der Waals surface area contributed by atoms with E-state index in [0.29, 0.717) is 6.61 Å². The fraction of sp³-hybridized carbons (Fsp3) is 0.538. The summed E-state index contributed by atoms with van der Waals surface area (Å²) in [5.74, 6) is -0.176. The molecule has 1 unspecified atom stereocenters. The molecule has 1 saturated heterocycles. The van der Waals surface area contributed by atoms with Gasteiger partial charge in [-0.15, -0.1) is 0 Å². The highest BCUT2D eigenvalue weighted by Crippen LogP contribution is 2.30. The van der Waals surface area contributed by atoms with Crippen molar-refractivity contribution in [2.24, 2.45) is 5.73 Å². The van der Waals surface area contributed by atoms with Gasteiger partial charge in [0.25, 0.3) is 0 Å². The molecule has 2 aliphatic heterocycles. The SMILES string of the molecule is NC1(CN2CCc3ccc(F)cc32)CCOC1. The number of nitrogens with zero attached hydrogens (tertiary/aromatic N) is 1. The molecule has 3 rings (SSSR count). The minimum absolute atomic E-state index is 0.176. The first kappa shape index (κ1) is 11.0. The van der Waals surface area contributed by atoms with Gasteiger partial charge in [0, 0.05) is 25.4 Å². The molecule has 1 aromatic rings. The average Bonchev–Trinajstić information content (AvgIpc) is 2.87. The average molecular weight is 236 g/mol. The molecule has 0 amide bonds. The standard InChI is InChI=1S/C13H17FN2O/c14-11-2-1-10-3-5-16(12(10)7-11)8-13(15)4-6-17-9-13/h1-2,7H,3-6,8-9,15H2. The summed E-state index contributed by atoms with van der Waals surface area (Å²) in [5.41, 5.74) is 8.22. The molecule has 0 radical (unpaired) electrons. The predicted molar refractivity (Wildman–Crippen MR) is 64.7 cm³/mol. The lowest BCUT2D eigenvalue weighted by atomic mass is 9.99. The van der Waals surface area contributed by atoms with Gasteiger partial charge in [-0.05, 0) is 30.5 Å². The zero-order valence-corrected chi connectivity index (χ0v) is 9.79. The molecule has 0 bridgehead atoms. The third kappa shape index (κ3) is 2.03. The van der Waals surface area contributed by atoms with Crippen LogP contribution < -0.4 is 10.6 Å². The van der Waals surface area contributed by atoms with Crippen LogP contribution in [0.15, 0.2) is 18.2 Å². The van der Waals surface area contributed by atoms with Gasteiger partial charge < -0.3 is 15.4 Å². The van der Waals surface area contributed by atoms with Crippen LogP contribution in [-0.4, -0.2) is 31.8 Å². The zero-order chi connectivity index (χ0) is 11.9. The minimum atomic E-state index is -0.270. The largest absolute Gasteiger partial charge is 0.379 e. The van der Waals surface area contributed by atoms with Gasteiger partial charge in [-0.25, -0.2) is 4.39 Å². The van der Waals surface area contributed by atoms with Gasteiger partial charge in [-0.2, -0.15) is 0 Å². The number of benzene rings is 1. The molecule has 17 heavy (non-hydrogen) atoms. The molecule has 1 atom stereocenters. The van der Waals surface area contributed by atoms with Gasteiger partial charge in [-0.3, -0.25) is 0 Å². The number of fused-ring (bicyclic) bond motifs is 1. The van der Waals surface area contributed by atoms with Crippen molar-refractivity contribution in [3.05, 3.63) is 29.6 Å². The quantitative estimate of drug-likeness (QED) is 0.841. The smallest absolute Gasteiger partial charge is 0.125 e. The van der Waals surface area contributed by atoms with Crippen molar-refractivity contribution in [3.8, 4) is 0 Å². The lowest BCUT2D eigenvalue weighted by Crippen LogP contribution is -2.50. The molecule has 3 nitrogen and oxygen atoms in total. The summed E-state index contributed by atoms with van der Waals surface area (Å²) in [6, 6.07) is 5.01. The van der Waals surface area contributed by atoms with Gasteiger partial charge in [0.05, 0.1) is 12.1 Å². The lowest BCUT2D eigenvalue weighted by molar-refractivity contribution is 0.179. The van der Waals surface area contributed by atoms with Crippen molar-refractivity contribution in [1.29, 1.82) is 0 Å². The summed E-state index contributed by atoms with van der Waals surface area (Å²) in [5, 5.41) is 0. The topological polar surface area (TPSA) is 38.5 Å². The Kier molecular flexibility index (Phi) is 2.56. The molecule has 0 saturated carbocycles. The number of ether oxygens (including phenoxy) is 1. The molecule has 92 valence electrons. The fourth-order valence-electron chi connectivity index (χ4n) is 2.71. The summed E-state index contributed by atoms with van der Waals surface area (Å²) in [6.07, 6.45) is 1.86. The second-order valence-corrected chi connectivity index (χ2v) is 5.11. The van der Waals surface area contributed by atoms with Crippen LogP contribution in [0, 0.1) is 5.82 Å². The number of hydrogen-bond donors (Lipinski definition) is 1. The molecule has 0 spiro atoms. The van der Waals surface area contributed by atoms with Crippen LogP contribution in [0.2, 0.25) is 0 Å². The maximum atomic E-state index is 13.3. The van der Waals surface area contributed by atoms with Crippen molar-refractivity contribution in [3.63, 3.8) is 0 Å². The number of halogens is 1. The van der Waals surface area contributed by atoms with Crippen molar-refractivity contribution in [2.75, 3.05) is 31.2 Å². The lowest BCUT2D eigenvalue weighted by Gasteiger charge is -2.30. The Balaban J connectivity index is 1.81. The number of hydrogen-bond acceptors (Lipinski definition) is 3. The maximum Gasteiger partial charge on any atom is 0.125 e. The number of rotatable bonds is 2. The van der Waals surface area contributed by atoms with Crippen LogP contribution in [0.1, 0.15) is 12.0 Å². The summed E-state index contributed by atoms with van der Waals surface area (Å²) < 4.78 is 18.6. The van der Waals surface area contributed by atoms with E-state index in [9.17, 15) is 4.39 Å². The van der Waals surface area contributed by atoms with Gasteiger partial charge >= 0.3 is 0 Å². The Labute approximate surface area is 100 Å². The molecule has 0 aliphatic carbocycles.